The normalized spacial score (nSPS) is 11.8. The average molecular weight is 304 g/mol. The van der Waals surface area contributed by atoms with Crippen LogP contribution in [-0.4, -0.2) is 21.7 Å². The summed E-state index contributed by atoms with van der Waals surface area (Å²) >= 11 is 0. The molecule has 1 rings (SSSR count). The van der Waals surface area contributed by atoms with E-state index in [4.69, 9.17) is 5.26 Å². The van der Waals surface area contributed by atoms with Gasteiger partial charge in [-0.25, -0.2) is 4.68 Å². The summed E-state index contributed by atoms with van der Waals surface area (Å²) in [5, 5.41) is 16.0. The van der Waals surface area contributed by atoms with Gasteiger partial charge in [0.1, 0.15) is 18.2 Å². The van der Waals surface area contributed by atoms with Crippen LogP contribution in [0.15, 0.2) is 4.79 Å². The minimum absolute atomic E-state index is 0.0521. The lowest BCUT2D eigenvalue weighted by atomic mass is 10.1. The Bertz CT molecular complexity index is 628. The quantitative estimate of drug-likeness (QED) is 0.778. The predicted octanol–water partition coefficient (Wildman–Crippen LogP) is 1.82. The molecule has 0 aliphatic heterocycles. The summed E-state index contributed by atoms with van der Waals surface area (Å²) in [5.74, 6) is -0.259. The lowest BCUT2D eigenvalue weighted by molar-refractivity contribution is -0.122. The van der Waals surface area contributed by atoms with E-state index in [0.29, 0.717) is 11.3 Å². The van der Waals surface area contributed by atoms with Gasteiger partial charge in [0.2, 0.25) is 5.91 Å². The van der Waals surface area contributed by atoms with Gasteiger partial charge >= 0.3 is 0 Å². The Morgan fingerprint density at radius 2 is 2.09 bits per heavy atom. The van der Waals surface area contributed by atoms with Crippen molar-refractivity contribution < 1.29 is 4.79 Å². The molecule has 0 aromatic carbocycles. The van der Waals surface area contributed by atoms with Crippen LogP contribution in [0.3, 0.4) is 0 Å². The van der Waals surface area contributed by atoms with Gasteiger partial charge in [0.25, 0.3) is 5.56 Å². The van der Waals surface area contributed by atoms with E-state index in [2.05, 4.69) is 17.3 Å². The molecule has 22 heavy (non-hydrogen) atoms. The maximum atomic E-state index is 12.1. The molecule has 1 aromatic rings. The van der Waals surface area contributed by atoms with E-state index in [1.165, 1.54) is 0 Å². The molecule has 1 aromatic heterocycles. The smallest absolute Gasteiger partial charge is 0.285 e. The van der Waals surface area contributed by atoms with Gasteiger partial charge in [0.05, 0.1) is 5.69 Å². The summed E-state index contributed by atoms with van der Waals surface area (Å²) in [5.41, 5.74) is 0.688. The number of amides is 1. The van der Waals surface area contributed by atoms with Gasteiger partial charge < -0.3 is 5.32 Å². The summed E-state index contributed by atoms with van der Waals surface area (Å²) in [6, 6.07) is 1.95. The van der Waals surface area contributed by atoms with Gasteiger partial charge in [-0.3, -0.25) is 9.59 Å². The maximum Gasteiger partial charge on any atom is 0.285 e. The van der Waals surface area contributed by atoms with Crippen LogP contribution in [0.4, 0.5) is 0 Å². The molecule has 0 saturated heterocycles. The number of carbonyl (C=O) groups excluding carboxylic acids is 1. The molecular formula is C16H24N4O2. The molecule has 120 valence electrons. The van der Waals surface area contributed by atoms with Gasteiger partial charge in [-0.05, 0) is 32.8 Å². The van der Waals surface area contributed by atoms with E-state index in [9.17, 15) is 9.59 Å². The number of carbonyl (C=O) groups is 1. The van der Waals surface area contributed by atoms with Crippen LogP contribution in [0.25, 0.3) is 0 Å². The minimum Gasteiger partial charge on any atom is -0.352 e. The Hall–Kier alpha value is -2.16. The fourth-order valence-corrected chi connectivity index (χ4v) is 2.24. The second-order valence-electron chi connectivity index (χ2n) is 5.62. The maximum absolute atomic E-state index is 12.1. The Kier molecular flexibility index (Phi) is 6.77. The molecule has 0 fully saturated rings. The number of nitrogens with one attached hydrogen (secondary N) is 1. The first-order valence-electron chi connectivity index (χ1n) is 7.68. The highest BCUT2D eigenvalue weighted by Crippen LogP contribution is 2.05. The fraction of sp³-hybridized carbons (Fsp3) is 0.625. The lowest BCUT2D eigenvalue weighted by Gasteiger charge is -2.14. The summed E-state index contributed by atoms with van der Waals surface area (Å²) in [4.78, 5) is 24.1. The van der Waals surface area contributed by atoms with E-state index >= 15 is 0 Å². The van der Waals surface area contributed by atoms with Crippen molar-refractivity contribution in [2.24, 2.45) is 0 Å². The molecule has 0 spiro atoms. The third-order valence-electron chi connectivity index (χ3n) is 3.69. The molecular weight excluding hydrogens is 280 g/mol. The van der Waals surface area contributed by atoms with Crippen LogP contribution in [0, 0.1) is 25.2 Å². The van der Waals surface area contributed by atoms with E-state index in [-0.39, 0.29) is 24.1 Å². The molecule has 1 N–H and O–H groups in total. The van der Waals surface area contributed by atoms with Crippen molar-refractivity contribution in [1.82, 2.24) is 15.1 Å². The lowest BCUT2D eigenvalue weighted by Crippen LogP contribution is -2.39. The van der Waals surface area contributed by atoms with Crippen LogP contribution >= 0.6 is 0 Å². The largest absolute Gasteiger partial charge is 0.352 e. The number of rotatable bonds is 7. The molecule has 0 unspecified atom stereocenters. The number of hydrogen-bond acceptors (Lipinski definition) is 4. The average Bonchev–Trinajstić information content (AvgIpc) is 2.45. The van der Waals surface area contributed by atoms with Gasteiger partial charge in [-0.15, -0.1) is 0 Å². The minimum atomic E-state index is -0.514. The highest BCUT2D eigenvalue weighted by Gasteiger charge is 2.14. The molecule has 0 radical (unpaired) electrons. The van der Waals surface area contributed by atoms with E-state index in [0.717, 1.165) is 30.4 Å². The highest BCUT2D eigenvalue weighted by molar-refractivity contribution is 5.75. The van der Waals surface area contributed by atoms with Crippen molar-refractivity contribution in [2.45, 2.75) is 66.0 Å². The van der Waals surface area contributed by atoms with Crippen LogP contribution in [0.2, 0.25) is 0 Å². The third kappa shape index (κ3) is 4.69. The van der Waals surface area contributed by atoms with E-state index < -0.39 is 5.56 Å². The van der Waals surface area contributed by atoms with Crippen molar-refractivity contribution in [3.8, 4) is 6.07 Å². The van der Waals surface area contributed by atoms with Crippen molar-refractivity contribution in [1.29, 1.82) is 5.26 Å². The molecule has 6 heteroatoms. The molecule has 1 amide bonds. The van der Waals surface area contributed by atoms with Gasteiger partial charge in [-0.1, -0.05) is 26.2 Å². The monoisotopic (exact) mass is 304 g/mol. The Morgan fingerprint density at radius 1 is 1.41 bits per heavy atom. The fourth-order valence-electron chi connectivity index (χ4n) is 2.24. The number of aryl methyl sites for hydroxylation is 1. The van der Waals surface area contributed by atoms with Crippen molar-refractivity contribution >= 4 is 5.91 Å². The van der Waals surface area contributed by atoms with Gasteiger partial charge in [-0.2, -0.15) is 10.4 Å². The predicted molar refractivity (Wildman–Crippen MR) is 84.4 cm³/mol. The topological polar surface area (TPSA) is 87.8 Å². The molecule has 0 aliphatic carbocycles. The van der Waals surface area contributed by atoms with Crippen molar-refractivity contribution in [3.05, 3.63) is 27.2 Å². The SMILES string of the molecule is CCCCC[C@@H](C)NC(=O)Cn1nc(C)c(C)c(C#N)c1=O. The van der Waals surface area contributed by atoms with Crippen LogP contribution in [-0.2, 0) is 11.3 Å². The molecule has 0 saturated carbocycles. The van der Waals surface area contributed by atoms with Crippen molar-refractivity contribution in [3.63, 3.8) is 0 Å². The van der Waals surface area contributed by atoms with Crippen LogP contribution in [0.1, 0.15) is 56.4 Å². The second kappa shape index (κ2) is 8.32. The zero-order valence-electron chi connectivity index (χ0n) is 13.8. The molecule has 6 nitrogen and oxygen atoms in total. The molecule has 1 atom stereocenters. The number of nitrogens with zero attached hydrogens (tertiary/aromatic N) is 3. The molecule has 1 heterocycles. The Balaban J connectivity index is 2.75. The standard InChI is InChI=1S/C16H24N4O2/c1-5-6-7-8-11(2)18-15(21)10-20-16(22)14(9-17)12(3)13(4)19-20/h11H,5-8,10H2,1-4H3,(H,18,21)/t11-/m1/s1. The molecule has 0 bridgehead atoms. The van der Waals surface area contributed by atoms with Gasteiger partial charge in [0.15, 0.2) is 0 Å². The van der Waals surface area contributed by atoms with Crippen LogP contribution in [0.5, 0.6) is 0 Å². The zero-order chi connectivity index (χ0) is 16.7. The summed E-state index contributed by atoms with van der Waals surface area (Å²) < 4.78 is 1.06. The Morgan fingerprint density at radius 3 is 2.68 bits per heavy atom. The zero-order valence-corrected chi connectivity index (χ0v) is 13.8. The van der Waals surface area contributed by atoms with Gasteiger partial charge in [0, 0.05) is 6.04 Å². The first-order valence-corrected chi connectivity index (χ1v) is 7.68. The number of hydrogen-bond donors (Lipinski definition) is 1. The third-order valence-corrected chi connectivity index (χ3v) is 3.69. The number of aromatic nitrogens is 2. The van der Waals surface area contributed by atoms with E-state index in [1.807, 2.05) is 13.0 Å². The highest BCUT2D eigenvalue weighted by atomic mass is 16.2. The number of nitriles is 1. The van der Waals surface area contributed by atoms with Crippen LogP contribution < -0.4 is 10.9 Å². The second-order valence-corrected chi connectivity index (χ2v) is 5.62. The first kappa shape index (κ1) is 17.9. The molecule has 0 aliphatic rings. The Labute approximate surface area is 131 Å². The summed E-state index contributed by atoms with van der Waals surface area (Å²) in [6.07, 6.45) is 4.26. The van der Waals surface area contributed by atoms with E-state index in [1.54, 1.807) is 13.8 Å². The number of unbranched alkanes of at least 4 members (excludes halogenated alkanes) is 2. The summed E-state index contributed by atoms with van der Waals surface area (Å²) in [6.45, 7) is 7.32. The first-order chi connectivity index (χ1) is 10.4. The summed E-state index contributed by atoms with van der Waals surface area (Å²) in [7, 11) is 0. The van der Waals surface area contributed by atoms with Crippen molar-refractivity contribution in [2.75, 3.05) is 0 Å².